The van der Waals surface area contributed by atoms with E-state index in [0.29, 0.717) is 128 Å². The molecular weight excluding hydrogens is 1560 g/mol. The number of nitrogens with one attached hydrogen (secondary N) is 1. The molecule has 6 N–H and O–H groups in total. The van der Waals surface area contributed by atoms with Crippen molar-refractivity contribution in [3.05, 3.63) is 209 Å². The predicted molar refractivity (Wildman–Crippen MR) is 418 cm³/mol. The molecule has 0 bridgehead atoms. The molecule has 548 valence electrons. The molecule has 23 nitrogen and oxygen atoms in total. The number of carbonyl (C=O) groups excluding carboxylic acids is 1. The highest BCUT2D eigenvalue weighted by atomic mass is 79.9. The number of pyridine rings is 5. The molecule has 0 spiro atoms. The summed E-state index contributed by atoms with van der Waals surface area (Å²) in [5.41, 5.74) is 2.02. The Morgan fingerprint density at radius 1 is 0.495 bits per heavy atom. The molecule has 5 saturated heterocycles. The van der Waals surface area contributed by atoms with Crippen molar-refractivity contribution in [2.24, 2.45) is 0 Å². The summed E-state index contributed by atoms with van der Waals surface area (Å²) in [5, 5.41) is 96.7. The third-order valence-corrected chi connectivity index (χ3v) is 29.0. The number of hydrogen-bond donors (Lipinski definition) is 6. The van der Waals surface area contributed by atoms with Crippen molar-refractivity contribution in [3.8, 4) is 47.6 Å². The number of halogens is 5. The lowest BCUT2D eigenvalue weighted by atomic mass is 9.86. The standard InChI is InChI=1S/C21H26ClN3O2Si.C15H12ClN3O2.C12H18BrClOSi.C9H9N3O.C9H7N3O.C6H3BrN2.C3H7NO/c1-20(2,3)28(4,5)27-16-6-7-17(18(22)11-16)21(26)13-25(14-21)19-10-15(12-23)8-9-24-19;16-13-6-11(20)1-2-12(13)15(21)8-19(9-15)14-5-10(7-17)3-4-18-14;1-12(2,3)16(4,5)15-9-6-7-10(13)11(14)8-9;2*10-4-7-1-2-11-9(3-7)12-5-8(13)6-12;7-6-3-5(4-8)1-2-9-6;5-3-1-4-2-3/h6-11,26H,13-14H2,1-5H3;1-6,20-21H,8-9H2;6-8H,1-5H3;1-3,8,13H,5-6H2;1-3H,5-6H2;1-3H;3-5H,1-2H2. The van der Waals surface area contributed by atoms with Crippen LogP contribution in [-0.4, -0.2) is 151 Å². The number of aromatic nitrogens is 5. The minimum atomic E-state index is -1.95. The summed E-state index contributed by atoms with van der Waals surface area (Å²) < 4.78 is 14.0. The third kappa shape index (κ3) is 23.3. The maximum Gasteiger partial charge on any atom is 0.250 e. The maximum absolute atomic E-state index is 11.0. The van der Waals surface area contributed by atoms with Crippen LogP contribution in [0.15, 0.2) is 155 Å². The Kier molecular flexibility index (Phi) is 29.0. The highest BCUT2D eigenvalue weighted by Crippen LogP contribution is 2.44. The van der Waals surface area contributed by atoms with Gasteiger partial charge in [-0.05, 0) is 171 Å². The number of benzene rings is 3. The van der Waals surface area contributed by atoms with Crippen molar-refractivity contribution in [3.63, 3.8) is 0 Å². The zero-order chi connectivity index (χ0) is 77.2. The first-order valence-electron chi connectivity index (χ1n) is 33.0. The van der Waals surface area contributed by atoms with E-state index >= 15 is 0 Å². The van der Waals surface area contributed by atoms with Gasteiger partial charge in [-0.2, -0.15) is 26.3 Å². The Morgan fingerprint density at radius 3 is 1.15 bits per heavy atom. The second-order valence-corrected chi connectivity index (χ2v) is 40.5. The summed E-state index contributed by atoms with van der Waals surface area (Å²) in [6.07, 6.45) is 7.66. The van der Waals surface area contributed by atoms with Crippen LogP contribution >= 0.6 is 66.7 Å². The maximum atomic E-state index is 11.0. The van der Waals surface area contributed by atoms with Gasteiger partial charge in [-0.3, -0.25) is 4.79 Å². The largest absolute Gasteiger partial charge is 0.543 e. The minimum Gasteiger partial charge on any atom is -0.543 e. The van der Waals surface area contributed by atoms with Crippen LogP contribution < -0.4 is 33.8 Å². The van der Waals surface area contributed by atoms with Crippen LogP contribution in [0.5, 0.6) is 17.2 Å². The molecule has 13 rings (SSSR count). The van der Waals surface area contributed by atoms with Crippen LogP contribution in [0.2, 0.25) is 51.3 Å². The summed E-state index contributed by atoms with van der Waals surface area (Å²) in [7, 11) is -3.71. The third-order valence-electron chi connectivity index (χ3n) is 18.0. The quantitative estimate of drug-likeness (QED) is 0.0547. The van der Waals surface area contributed by atoms with E-state index in [1.807, 2.05) is 62.1 Å². The Morgan fingerprint density at radius 2 is 0.838 bits per heavy atom. The highest BCUT2D eigenvalue weighted by molar-refractivity contribution is 9.10. The second kappa shape index (κ2) is 36.5. The number of β-amino-alcohol motifs (C(OH)–C–C–N with tert-alkyl or cyclic N) is 4. The summed E-state index contributed by atoms with van der Waals surface area (Å²) in [4.78, 5) is 38.8. The minimum absolute atomic E-state index is 0.0463. The number of Topliss-reactive ketones (excluding diaryl/α,β-unsaturated/α-hetero) is 1. The SMILES string of the molecule is CC(C)(C)[Si](C)(C)Oc1ccc(Br)c(Cl)c1.CC(C)(C)[Si](C)(C)Oc1ccc(C2(O)CN(c3cc(C#N)ccn3)C2)c(Cl)c1.N#Cc1ccnc(Br)c1.N#Cc1ccnc(N2CC(=O)C2)c1.N#Cc1ccnc(N2CC(O)(c3ccc(O)cc3Cl)C2)c1.N#Cc1ccnc(N2CC(O)C2)c1.OC1CNC1. The fourth-order valence-corrected chi connectivity index (χ4v) is 13.2. The average Bonchev–Trinajstić information content (AvgIpc) is 0.755. The van der Waals surface area contributed by atoms with Crippen LogP contribution in [-0.2, 0) is 16.0 Å². The smallest absolute Gasteiger partial charge is 0.250 e. The van der Waals surface area contributed by atoms with Gasteiger partial charge in [0.2, 0.25) is 16.6 Å². The lowest BCUT2D eigenvalue weighted by Gasteiger charge is -2.47. The van der Waals surface area contributed by atoms with Crippen LogP contribution in [0.4, 0.5) is 23.3 Å². The van der Waals surface area contributed by atoms with Gasteiger partial charge >= 0.3 is 0 Å². The van der Waals surface area contributed by atoms with Crippen molar-refractivity contribution < 1.29 is 39.2 Å². The van der Waals surface area contributed by atoms with Gasteiger partial charge in [0.25, 0.3) is 0 Å². The van der Waals surface area contributed by atoms with Crippen LogP contribution in [0.3, 0.4) is 0 Å². The van der Waals surface area contributed by atoms with E-state index < -0.39 is 27.8 Å². The predicted octanol–water partition coefficient (Wildman–Crippen LogP) is 13.3. The van der Waals surface area contributed by atoms with Gasteiger partial charge < -0.3 is 59.3 Å². The molecule has 0 amide bonds. The molecule has 0 unspecified atom stereocenters. The average molecular weight is 1640 g/mol. The molecule has 0 atom stereocenters. The summed E-state index contributed by atoms with van der Waals surface area (Å²) in [6, 6.07) is 42.8. The molecule has 8 aromatic rings. The first-order valence-corrected chi connectivity index (χ1v) is 41.6. The molecule has 0 aliphatic carbocycles. The molecule has 0 saturated carbocycles. The number of hydrogen-bond acceptors (Lipinski definition) is 23. The van der Waals surface area contributed by atoms with Gasteiger partial charge in [-0.1, -0.05) is 88.5 Å². The van der Waals surface area contributed by atoms with Crippen molar-refractivity contribution in [1.29, 1.82) is 26.3 Å². The van der Waals surface area contributed by atoms with Crippen molar-refractivity contribution >= 4 is 112 Å². The Labute approximate surface area is 646 Å². The van der Waals surface area contributed by atoms with Crippen LogP contribution in [0.25, 0.3) is 0 Å². The molecule has 30 heteroatoms. The van der Waals surface area contributed by atoms with E-state index in [1.165, 1.54) is 12.1 Å². The zero-order valence-electron chi connectivity index (χ0n) is 59.7. The van der Waals surface area contributed by atoms with Gasteiger partial charge in [0, 0.05) is 72.8 Å². The Balaban J connectivity index is 0.000000179. The van der Waals surface area contributed by atoms with Crippen molar-refractivity contribution in [2.75, 3.05) is 85.0 Å². The van der Waals surface area contributed by atoms with E-state index in [0.717, 1.165) is 34.9 Å². The molecule has 0 radical (unpaired) electrons. The van der Waals surface area contributed by atoms with E-state index in [4.69, 9.17) is 80.2 Å². The molecule has 105 heavy (non-hydrogen) atoms. The normalized spacial score (nSPS) is 15.4. The molecule has 5 aliphatic heterocycles. The lowest BCUT2D eigenvalue weighted by Crippen LogP contribution is -2.60. The zero-order valence-corrected chi connectivity index (χ0v) is 67.1. The topological polar surface area (TPSA) is 345 Å². The number of phenolic OH excluding ortho intramolecular Hbond substituents is 1. The summed E-state index contributed by atoms with van der Waals surface area (Å²) in [5.74, 6) is 4.67. The number of nitrogens with zero attached hydrogens (tertiary/aromatic N) is 14. The van der Waals surface area contributed by atoms with Crippen LogP contribution in [0.1, 0.15) is 80.5 Å². The number of aliphatic hydroxyl groups is 4. The van der Waals surface area contributed by atoms with E-state index in [1.54, 1.807) is 104 Å². The fraction of sp³-hybridized carbons (Fsp3) is 0.347. The Hall–Kier alpha value is -8.81. The number of anilines is 4. The first kappa shape index (κ1) is 83.5. The Bertz CT molecular complexity index is 4570. The van der Waals surface area contributed by atoms with E-state index in [-0.39, 0.29) is 33.8 Å². The summed E-state index contributed by atoms with van der Waals surface area (Å²) in [6.45, 7) is 27.1. The number of carbonyl (C=O) groups is 1. The number of aromatic hydroxyl groups is 1. The van der Waals surface area contributed by atoms with Gasteiger partial charge in [-0.15, -0.1) is 0 Å². The van der Waals surface area contributed by atoms with Crippen LogP contribution in [0, 0.1) is 56.7 Å². The number of aliphatic hydroxyl groups excluding tert-OH is 2. The summed E-state index contributed by atoms with van der Waals surface area (Å²) >= 11 is 25.1. The monoisotopic (exact) mass is 1640 g/mol. The van der Waals surface area contributed by atoms with Gasteiger partial charge in [0.05, 0.1) is 125 Å². The molecular formula is C75H82Br2Cl3N15O8Si2. The molecule has 5 aromatic heterocycles. The number of rotatable bonds is 10. The van der Waals surface area contributed by atoms with Gasteiger partial charge in [-0.25, -0.2) is 24.9 Å². The first-order chi connectivity index (χ1) is 49.4. The van der Waals surface area contributed by atoms with E-state index in [2.05, 4.69) is 148 Å². The van der Waals surface area contributed by atoms with Crippen molar-refractivity contribution in [1.82, 2.24) is 30.2 Å². The molecule has 3 aromatic carbocycles. The molecule has 5 aliphatic rings. The molecule has 5 fully saturated rings. The molecule has 10 heterocycles. The number of phenols is 1. The fourth-order valence-electron chi connectivity index (χ4n) is 9.66. The second-order valence-electron chi connectivity index (χ2n) is 28.2. The van der Waals surface area contributed by atoms with Gasteiger partial charge in [0.15, 0.2) is 5.78 Å². The highest BCUT2D eigenvalue weighted by Gasteiger charge is 2.47. The lowest BCUT2D eigenvalue weighted by molar-refractivity contribution is -0.119. The van der Waals surface area contributed by atoms with E-state index in [9.17, 15) is 20.1 Å². The number of nitriles is 5. The number of ketones is 1. The van der Waals surface area contributed by atoms with Crippen molar-refractivity contribution in [2.45, 2.75) is 101 Å². The van der Waals surface area contributed by atoms with Gasteiger partial charge in [0.1, 0.15) is 56.3 Å².